The number of benzene rings is 1. The van der Waals surface area contributed by atoms with Gasteiger partial charge in [-0.05, 0) is 30.9 Å². The maximum atomic E-state index is 10.1. The molecule has 3 rings (SSSR count). The highest BCUT2D eigenvalue weighted by Gasteiger charge is 2.29. The summed E-state index contributed by atoms with van der Waals surface area (Å²) in [7, 11) is 0. The van der Waals surface area contributed by atoms with Crippen LogP contribution in [0.25, 0.3) is 0 Å². The lowest BCUT2D eigenvalue weighted by atomic mass is 10.1. The number of aliphatic hydroxyl groups is 1. The molecule has 0 saturated heterocycles. The normalized spacial score (nSPS) is 24.4. The predicted octanol–water partition coefficient (Wildman–Crippen LogP) is 2.38. The molecule has 2 aliphatic rings. The summed E-state index contributed by atoms with van der Waals surface area (Å²) in [6.07, 6.45) is 3.96. The number of rotatable bonds is 4. The van der Waals surface area contributed by atoms with Gasteiger partial charge in [0, 0.05) is 0 Å². The summed E-state index contributed by atoms with van der Waals surface area (Å²) in [5.74, 6) is 2.37. The first kappa shape index (κ1) is 10.9. The number of fused-ring (bicyclic) bond motifs is 1. The van der Waals surface area contributed by atoms with Crippen LogP contribution in [-0.4, -0.2) is 23.9 Å². The summed E-state index contributed by atoms with van der Waals surface area (Å²) in [6.45, 7) is 0.447. The van der Waals surface area contributed by atoms with E-state index in [0.29, 0.717) is 6.61 Å². The van der Waals surface area contributed by atoms with Crippen LogP contribution in [0.4, 0.5) is 0 Å². The van der Waals surface area contributed by atoms with Gasteiger partial charge < -0.3 is 14.6 Å². The first-order valence-electron chi connectivity index (χ1n) is 6.39. The minimum atomic E-state index is -0.413. The zero-order valence-corrected chi connectivity index (χ0v) is 9.84. The molecule has 2 unspecified atom stereocenters. The molecule has 3 nitrogen and oxygen atoms in total. The molecule has 1 aliphatic carbocycles. The van der Waals surface area contributed by atoms with Gasteiger partial charge in [-0.2, -0.15) is 0 Å². The van der Waals surface area contributed by atoms with Crippen LogP contribution in [0.2, 0.25) is 0 Å². The van der Waals surface area contributed by atoms with Crippen LogP contribution in [0.3, 0.4) is 0 Å². The van der Waals surface area contributed by atoms with E-state index in [4.69, 9.17) is 9.47 Å². The third kappa shape index (κ3) is 2.55. The van der Waals surface area contributed by atoms with E-state index in [1.54, 1.807) is 0 Å². The molecule has 1 aromatic rings. The summed E-state index contributed by atoms with van der Waals surface area (Å²) in [6, 6.07) is 7.62. The van der Waals surface area contributed by atoms with Crippen molar-refractivity contribution in [3.8, 4) is 11.5 Å². The van der Waals surface area contributed by atoms with Crippen molar-refractivity contribution >= 4 is 0 Å². The largest absolute Gasteiger partial charge is 0.486 e. The van der Waals surface area contributed by atoms with Crippen LogP contribution in [-0.2, 0) is 0 Å². The third-order valence-electron chi connectivity index (χ3n) is 3.53. The molecule has 1 aromatic carbocycles. The molecule has 0 amide bonds. The average molecular weight is 234 g/mol. The Kier molecular flexibility index (Phi) is 2.93. The van der Waals surface area contributed by atoms with Crippen molar-refractivity contribution in [2.24, 2.45) is 5.92 Å². The van der Waals surface area contributed by atoms with Crippen LogP contribution >= 0.6 is 0 Å². The van der Waals surface area contributed by atoms with Gasteiger partial charge in [0.1, 0.15) is 6.61 Å². The Labute approximate surface area is 101 Å². The van der Waals surface area contributed by atoms with Gasteiger partial charge in [-0.1, -0.05) is 25.0 Å². The average Bonchev–Trinajstić information content (AvgIpc) is 3.19. The van der Waals surface area contributed by atoms with Gasteiger partial charge in [-0.25, -0.2) is 0 Å². The number of hydrogen-bond acceptors (Lipinski definition) is 3. The van der Waals surface area contributed by atoms with Gasteiger partial charge in [-0.15, -0.1) is 0 Å². The maximum absolute atomic E-state index is 10.1. The monoisotopic (exact) mass is 234 g/mol. The van der Waals surface area contributed by atoms with Gasteiger partial charge in [0.15, 0.2) is 17.6 Å². The molecule has 1 saturated carbocycles. The Hall–Kier alpha value is -1.22. The zero-order chi connectivity index (χ0) is 11.7. The van der Waals surface area contributed by atoms with Crippen LogP contribution < -0.4 is 9.47 Å². The Bertz CT molecular complexity index is 387. The van der Waals surface area contributed by atoms with Gasteiger partial charge >= 0.3 is 0 Å². The molecule has 1 aliphatic heterocycles. The first-order valence-corrected chi connectivity index (χ1v) is 6.39. The summed E-state index contributed by atoms with van der Waals surface area (Å²) in [5.41, 5.74) is 0. The molecule has 0 radical (unpaired) electrons. The van der Waals surface area contributed by atoms with Crippen LogP contribution in [0.1, 0.15) is 25.7 Å². The fourth-order valence-corrected chi connectivity index (χ4v) is 2.22. The topological polar surface area (TPSA) is 38.7 Å². The van der Waals surface area contributed by atoms with Gasteiger partial charge in [0.05, 0.1) is 6.10 Å². The molecular weight excluding hydrogens is 216 g/mol. The lowest BCUT2D eigenvalue weighted by molar-refractivity contribution is -0.0149. The molecule has 3 heteroatoms. The molecule has 2 atom stereocenters. The number of aliphatic hydroxyl groups excluding tert-OH is 1. The fourth-order valence-electron chi connectivity index (χ4n) is 2.22. The molecule has 0 bridgehead atoms. The molecule has 0 aromatic heterocycles. The number of hydrogen-bond donors (Lipinski definition) is 1. The lowest BCUT2D eigenvalue weighted by Crippen LogP contribution is -2.39. The molecule has 1 fully saturated rings. The van der Waals surface area contributed by atoms with Crippen molar-refractivity contribution in [2.75, 3.05) is 6.61 Å². The van der Waals surface area contributed by atoms with E-state index in [1.807, 2.05) is 24.3 Å². The molecular formula is C14H18O3. The summed E-state index contributed by atoms with van der Waals surface area (Å²) < 4.78 is 11.4. The van der Waals surface area contributed by atoms with Crippen molar-refractivity contribution in [1.29, 1.82) is 0 Å². The molecule has 1 N–H and O–H groups in total. The van der Waals surface area contributed by atoms with Crippen molar-refractivity contribution in [2.45, 2.75) is 37.9 Å². The van der Waals surface area contributed by atoms with E-state index in [1.165, 1.54) is 12.8 Å². The third-order valence-corrected chi connectivity index (χ3v) is 3.53. The van der Waals surface area contributed by atoms with Gasteiger partial charge in [-0.3, -0.25) is 0 Å². The van der Waals surface area contributed by atoms with Crippen LogP contribution in [0, 0.1) is 5.92 Å². The maximum Gasteiger partial charge on any atom is 0.161 e. The van der Waals surface area contributed by atoms with E-state index in [9.17, 15) is 5.11 Å². The molecule has 92 valence electrons. The second kappa shape index (κ2) is 4.57. The molecule has 0 spiro atoms. The predicted molar refractivity (Wildman–Crippen MR) is 64.3 cm³/mol. The summed E-state index contributed by atoms with van der Waals surface area (Å²) >= 11 is 0. The molecule has 17 heavy (non-hydrogen) atoms. The smallest absolute Gasteiger partial charge is 0.161 e. The quantitative estimate of drug-likeness (QED) is 0.869. The lowest BCUT2D eigenvalue weighted by Gasteiger charge is -2.29. The van der Waals surface area contributed by atoms with E-state index in [0.717, 1.165) is 30.3 Å². The van der Waals surface area contributed by atoms with Crippen molar-refractivity contribution in [3.63, 3.8) is 0 Å². The highest BCUT2D eigenvalue weighted by Crippen LogP contribution is 2.35. The molecule has 1 heterocycles. The first-order chi connectivity index (χ1) is 8.33. The number of ether oxygens (including phenoxy) is 2. The van der Waals surface area contributed by atoms with E-state index in [2.05, 4.69) is 0 Å². The van der Waals surface area contributed by atoms with Crippen molar-refractivity contribution < 1.29 is 14.6 Å². The van der Waals surface area contributed by atoms with Crippen molar-refractivity contribution in [3.05, 3.63) is 24.3 Å². The number of para-hydroxylation sites is 2. The zero-order valence-electron chi connectivity index (χ0n) is 9.84. The van der Waals surface area contributed by atoms with E-state index >= 15 is 0 Å². The van der Waals surface area contributed by atoms with Gasteiger partial charge in [0.25, 0.3) is 0 Å². The van der Waals surface area contributed by atoms with Crippen molar-refractivity contribution in [1.82, 2.24) is 0 Å². The Morgan fingerprint density at radius 1 is 1.24 bits per heavy atom. The minimum absolute atomic E-state index is 0.219. The van der Waals surface area contributed by atoms with E-state index in [-0.39, 0.29) is 6.10 Å². The SMILES string of the molecule is OC(CCC1CC1)C1COc2ccccc2O1. The summed E-state index contributed by atoms with van der Waals surface area (Å²) in [5, 5.41) is 10.1. The van der Waals surface area contributed by atoms with Gasteiger partial charge in [0.2, 0.25) is 0 Å². The Balaban J connectivity index is 1.58. The van der Waals surface area contributed by atoms with E-state index < -0.39 is 6.10 Å². The highest BCUT2D eigenvalue weighted by atomic mass is 16.6. The Morgan fingerprint density at radius 3 is 2.76 bits per heavy atom. The summed E-state index contributed by atoms with van der Waals surface area (Å²) in [4.78, 5) is 0. The Morgan fingerprint density at radius 2 is 2.00 bits per heavy atom. The van der Waals surface area contributed by atoms with Crippen LogP contribution in [0.5, 0.6) is 11.5 Å². The standard InChI is InChI=1S/C14H18O3/c15-11(8-7-10-5-6-10)14-9-16-12-3-1-2-4-13(12)17-14/h1-4,10-11,14-15H,5-9H2. The second-order valence-electron chi connectivity index (χ2n) is 5.00. The minimum Gasteiger partial charge on any atom is -0.486 e. The fraction of sp³-hybridized carbons (Fsp3) is 0.571. The highest BCUT2D eigenvalue weighted by molar-refractivity contribution is 5.40. The second-order valence-corrected chi connectivity index (χ2v) is 5.00. The van der Waals surface area contributed by atoms with Crippen LogP contribution in [0.15, 0.2) is 24.3 Å².